The summed E-state index contributed by atoms with van der Waals surface area (Å²) in [6.07, 6.45) is -0.751. The van der Waals surface area contributed by atoms with Gasteiger partial charge in [-0.3, -0.25) is 9.98 Å². The van der Waals surface area contributed by atoms with Crippen molar-refractivity contribution in [1.29, 1.82) is 0 Å². The highest BCUT2D eigenvalue weighted by Crippen LogP contribution is 2.37. The van der Waals surface area contributed by atoms with Gasteiger partial charge in [-0.05, 0) is 37.8 Å². The number of aromatic nitrogens is 1. The SMILES string of the molecule is CN=C(NCc1ncccc1C)NC1CCCC(C(F)(F)F)C1. The summed E-state index contributed by atoms with van der Waals surface area (Å²) in [4.78, 5) is 8.38. The van der Waals surface area contributed by atoms with E-state index >= 15 is 0 Å². The third-order valence-electron chi connectivity index (χ3n) is 4.24. The molecule has 1 aromatic rings. The number of nitrogens with one attached hydrogen (secondary N) is 2. The monoisotopic (exact) mass is 328 g/mol. The van der Waals surface area contributed by atoms with Gasteiger partial charge in [0.2, 0.25) is 0 Å². The molecule has 0 aliphatic heterocycles. The number of pyridine rings is 1. The van der Waals surface area contributed by atoms with Gasteiger partial charge < -0.3 is 10.6 Å². The van der Waals surface area contributed by atoms with Gasteiger partial charge in [0.1, 0.15) is 0 Å². The number of aliphatic imine (C=N–C) groups is 1. The summed E-state index contributed by atoms with van der Waals surface area (Å²) in [5, 5.41) is 6.23. The minimum Gasteiger partial charge on any atom is -0.354 e. The summed E-state index contributed by atoms with van der Waals surface area (Å²) in [5.41, 5.74) is 1.96. The second-order valence-electron chi connectivity index (χ2n) is 5.94. The van der Waals surface area contributed by atoms with Crippen LogP contribution in [0.3, 0.4) is 0 Å². The van der Waals surface area contributed by atoms with Crippen LogP contribution >= 0.6 is 0 Å². The highest BCUT2D eigenvalue weighted by Gasteiger charge is 2.42. The van der Waals surface area contributed by atoms with Crippen LogP contribution in [-0.4, -0.2) is 30.2 Å². The van der Waals surface area contributed by atoms with Gasteiger partial charge in [0.15, 0.2) is 5.96 Å². The number of hydrogen-bond acceptors (Lipinski definition) is 2. The van der Waals surface area contributed by atoms with Gasteiger partial charge in [0.05, 0.1) is 18.2 Å². The second kappa shape index (κ2) is 7.66. The molecule has 0 radical (unpaired) electrons. The molecule has 7 heteroatoms. The quantitative estimate of drug-likeness (QED) is 0.662. The molecule has 0 bridgehead atoms. The molecule has 0 spiro atoms. The fourth-order valence-electron chi connectivity index (χ4n) is 2.88. The van der Waals surface area contributed by atoms with Gasteiger partial charge in [-0.1, -0.05) is 12.5 Å². The number of aryl methyl sites for hydroxylation is 1. The number of hydrogen-bond donors (Lipinski definition) is 2. The fourth-order valence-corrected chi connectivity index (χ4v) is 2.88. The van der Waals surface area contributed by atoms with Crippen LogP contribution in [0.25, 0.3) is 0 Å². The maximum Gasteiger partial charge on any atom is 0.391 e. The van der Waals surface area contributed by atoms with Crippen molar-refractivity contribution in [1.82, 2.24) is 15.6 Å². The first kappa shape index (κ1) is 17.6. The molecule has 2 unspecified atom stereocenters. The molecule has 1 fully saturated rings. The van der Waals surface area contributed by atoms with Crippen LogP contribution in [0.2, 0.25) is 0 Å². The second-order valence-corrected chi connectivity index (χ2v) is 5.94. The summed E-state index contributed by atoms with van der Waals surface area (Å²) in [7, 11) is 1.62. The van der Waals surface area contributed by atoms with Crippen LogP contribution in [0.15, 0.2) is 23.3 Å². The van der Waals surface area contributed by atoms with Gasteiger partial charge in [-0.15, -0.1) is 0 Å². The highest BCUT2D eigenvalue weighted by atomic mass is 19.4. The normalized spacial score (nSPS) is 22.7. The van der Waals surface area contributed by atoms with E-state index in [1.165, 1.54) is 0 Å². The molecular weight excluding hydrogens is 305 g/mol. The van der Waals surface area contributed by atoms with Crippen molar-refractivity contribution in [3.63, 3.8) is 0 Å². The van der Waals surface area contributed by atoms with E-state index in [2.05, 4.69) is 20.6 Å². The Morgan fingerprint density at radius 2 is 2.17 bits per heavy atom. The topological polar surface area (TPSA) is 49.3 Å². The van der Waals surface area contributed by atoms with E-state index in [0.717, 1.165) is 17.7 Å². The van der Waals surface area contributed by atoms with Crippen molar-refractivity contribution in [3.05, 3.63) is 29.6 Å². The lowest BCUT2D eigenvalue weighted by Gasteiger charge is -2.31. The summed E-state index contributed by atoms with van der Waals surface area (Å²) in [6.45, 7) is 2.46. The molecule has 0 aromatic carbocycles. The summed E-state index contributed by atoms with van der Waals surface area (Å²) in [6, 6.07) is 3.63. The molecule has 1 heterocycles. The standard InChI is InChI=1S/C16H23F3N4/c1-11-5-4-8-21-14(11)10-22-15(20-2)23-13-7-3-6-12(9-13)16(17,18)19/h4-5,8,12-13H,3,6-7,9-10H2,1-2H3,(H2,20,22,23). The summed E-state index contributed by atoms with van der Waals surface area (Å²) >= 11 is 0. The Hall–Kier alpha value is -1.79. The Kier molecular flexibility index (Phi) is 5.85. The Balaban J connectivity index is 1.88. The number of nitrogens with zero attached hydrogens (tertiary/aromatic N) is 2. The van der Waals surface area contributed by atoms with Crippen molar-refractivity contribution in [3.8, 4) is 0 Å². The average molecular weight is 328 g/mol. The Bertz CT molecular complexity index is 542. The average Bonchev–Trinajstić information content (AvgIpc) is 2.52. The van der Waals surface area contributed by atoms with Crippen molar-refractivity contribution >= 4 is 5.96 Å². The maximum absolute atomic E-state index is 12.9. The molecule has 2 N–H and O–H groups in total. The van der Waals surface area contributed by atoms with Crippen LogP contribution < -0.4 is 10.6 Å². The minimum absolute atomic E-state index is 0.104. The maximum atomic E-state index is 12.9. The molecule has 23 heavy (non-hydrogen) atoms. The lowest BCUT2D eigenvalue weighted by molar-refractivity contribution is -0.183. The number of rotatable bonds is 3. The predicted molar refractivity (Wildman–Crippen MR) is 84.1 cm³/mol. The minimum atomic E-state index is -4.11. The highest BCUT2D eigenvalue weighted by molar-refractivity contribution is 5.79. The first-order chi connectivity index (χ1) is 10.9. The predicted octanol–water partition coefficient (Wildman–Crippen LogP) is 3.18. The third-order valence-corrected chi connectivity index (χ3v) is 4.24. The summed E-state index contributed by atoms with van der Waals surface area (Å²) in [5.74, 6) is -0.701. The largest absolute Gasteiger partial charge is 0.391 e. The van der Waals surface area contributed by atoms with E-state index < -0.39 is 12.1 Å². The lowest BCUT2D eigenvalue weighted by atomic mass is 9.85. The molecule has 128 valence electrons. The van der Waals surface area contributed by atoms with E-state index in [1.54, 1.807) is 13.2 Å². The number of halogens is 3. The van der Waals surface area contributed by atoms with Crippen LogP contribution in [0.1, 0.15) is 36.9 Å². The Labute approximate surface area is 134 Å². The fraction of sp³-hybridized carbons (Fsp3) is 0.625. The molecule has 1 saturated carbocycles. The lowest BCUT2D eigenvalue weighted by Crippen LogP contribution is -2.46. The van der Waals surface area contributed by atoms with Gasteiger partial charge in [0, 0.05) is 19.3 Å². The summed E-state index contributed by atoms with van der Waals surface area (Å²) < 4.78 is 38.6. The molecule has 4 nitrogen and oxygen atoms in total. The molecule has 0 amide bonds. The van der Waals surface area contributed by atoms with Gasteiger partial charge in [-0.2, -0.15) is 13.2 Å². The molecule has 1 aliphatic rings. The van der Waals surface area contributed by atoms with E-state index in [0.29, 0.717) is 18.9 Å². The number of guanidine groups is 1. The zero-order valence-electron chi connectivity index (χ0n) is 13.5. The molecule has 2 atom stereocenters. The Morgan fingerprint density at radius 3 is 2.83 bits per heavy atom. The van der Waals surface area contributed by atoms with E-state index in [4.69, 9.17) is 0 Å². The van der Waals surface area contributed by atoms with Crippen molar-refractivity contribution in [2.24, 2.45) is 10.9 Å². The molecular formula is C16H23F3N4. The molecule has 0 saturated heterocycles. The van der Waals surface area contributed by atoms with Gasteiger partial charge in [0.25, 0.3) is 0 Å². The first-order valence-corrected chi connectivity index (χ1v) is 7.84. The van der Waals surface area contributed by atoms with E-state index in [9.17, 15) is 13.2 Å². The van der Waals surface area contributed by atoms with E-state index in [1.807, 2.05) is 19.1 Å². The van der Waals surface area contributed by atoms with Crippen LogP contribution in [0, 0.1) is 12.8 Å². The zero-order chi connectivity index (χ0) is 16.9. The van der Waals surface area contributed by atoms with Crippen molar-refractivity contribution in [2.45, 2.75) is 51.4 Å². The van der Waals surface area contributed by atoms with Crippen LogP contribution in [-0.2, 0) is 6.54 Å². The van der Waals surface area contributed by atoms with Crippen molar-refractivity contribution in [2.75, 3.05) is 7.05 Å². The van der Waals surface area contributed by atoms with Crippen LogP contribution in [0.5, 0.6) is 0 Å². The number of alkyl halides is 3. The van der Waals surface area contributed by atoms with Crippen LogP contribution in [0.4, 0.5) is 13.2 Å². The molecule has 2 rings (SSSR count). The smallest absolute Gasteiger partial charge is 0.354 e. The molecule has 1 aromatic heterocycles. The van der Waals surface area contributed by atoms with E-state index in [-0.39, 0.29) is 18.9 Å². The third kappa shape index (κ3) is 5.11. The Morgan fingerprint density at radius 1 is 1.39 bits per heavy atom. The van der Waals surface area contributed by atoms with Gasteiger partial charge in [-0.25, -0.2) is 0 Å². The zero-order valence-corrected chi connectivity index (χ0v) is 13.5. The first-order valence-electron chi connectivity index (χ1n) is 7.84. The van der Waals surface area contributed by atoms with Gasteiger partial charge >= 0.3 is 6.18 Å². The molecule has 1 aliphatic carbocycles. The van der Waals surface area contributed by atoms with Crippen molar-refractivity contribution < 1.29 is 13.2 Å².